The Morgan fingerprint density at radius 1 is 1.20 bits per heavy atom. The van der Waals surface area contributed by atoms with Crippen LogP contribution >= 0.6 is 0 Å². The molecule has 1 amide bonds. The van der Waals surface area contributed by atoms with Crippen molar-refractivity contribution in [2.45, 2.75) is 26.2 Å². The van der Waals surface area contributed by atoms with Gasteiger partial charge in [-0.25, -0.2) is 0 Å². The number of hydrogen-bond acceptors (Lipinski definition) is 3. The van der Waals surface area contributed by atoms with Crippen molar-refractivity contribution in [1.29, 1.82) is 0 Å². The van der Waals surface area contributed by atoms with Crippen LogP contribution in [0.1, 0.15) is 26.2 Å². The Kier molecular flexibility index (Phi) is 5.27. The van der Waals surface area contributed by atoms with E-state index in [1.165, 1.54) is 0 Å². The Balaban J connectivity index is 1.92. The van der Waals surface area contributed by atoms with Crippen LogP contribution in [0.4, 0.5) is 5.69 Å². The van der Waals surface area contributed by atoms with Crippen molar-refractivity contribution in [3.63, 3.8) is 0 Å². The maximum atomic E-state index is 12.0. The van der Waals surface area contributed by atoms with Gasteiger partial charge in [-0.1, -0.05) is 25.5 Å². The lowest BCUT2D eigenvalue weighted by atomic mass is 10.2. The molecule has 0 saturated carbocycles. The summed E-state index contributed by atoms with van der Waals surface area (Å²) in [6, 6.07) is 8.06. The molecule has 0 bridgehead atoms. The number of hydrogen-bond donors (Lipinski definition) is 0. The minimum atomic E-state index is 0.298. The SMILES string of the molecule is CCCCC(=O)N1CCN(c2ccccc2OC)CC1. The first-order valence-corrected chi connectivity index (χ1v) is 7.42. The first kappa shape index (κ1) is 14.7. The van der Waals surface area contributed by atoms with Gasteiger partial charge in [0, 0.05) is 32.6 Å². The average Bonchev–Trinajstić information content (AvgIpc) is 2.52. The first-order chi connectivity index (χ1) is 9.76. The van der Waals surface area contributed by atoms with Gasteiger partial charge in [-0.15, -0.1) is 0 Å². The average molecular weight is 276 g/mol. The summed E-state index contributed by atoms with van der Waals surface area (Å²) >= 11 is 0. The van der Waals surface area contributed by atoms with Crippen LogP contribution < -0.4 is 9.64 Å². The molecule has 0 radical (unpaired) electrons. The molecule has 1 aromatic rings. The van der Waals surface area contributed by atoms with Crippen LogP contribution in [-0.4, -0.2) is 44.1 Å². The molecule has 0 N–H and O–H groups in total. The van der Waals surface area contributed by atoms with E-state index in [0.717, 1.165) is 50.5 Å². The number of carbonyl (C=O) groups is 1. The lowest BCUT2D eigenvalue weighted by Gasteiger charge is -2.36. The van der Waals surface area contributed by atoms with Crippen molar-refractivity contribution in [2.24, 2.45) is 0 Å². The normalized spacial score (nSPS) is 15.3. The van der Waals surface area contributed by atoms with Gasteiger partial charge >= 0.3 is 0 Å². The van der Waals surface area contributed by atoms with Gasteiger partial charge in [-0.2, -0.15) is 0 Å². The molecule has 0 unspecified atom stereocenters. The number of nitrogens with zero attached hydrogens (tertiary/aromatic N) is 2. The number of carbonyl (C=O) groups excluding carboxylic acids is 1. The Hall–Kier alpha value is -1.71. The van der Waals surface area contributed by atoms with Crippen molar-refractivity contribution in [2.75, 3.05) is 38.2 Å². The minimum Gasteiger partial charge on any atom is -0.495 e. The van der Waals surface area contributed by atoms with E-state index in [4.69, 9.17) is 4.74 Å². The zero-order valence-corrected chi connectivity index (χ0v) is 12.5. The van der Waals surface area contributed by atoms with Gasteiger partial charge in [0.1, 0.15) is 5.75 Å². The maximum Gasteiger partial charge on any atom is 0.222 e. The number of benzene rings is 1. The van der Waals surface area contributed by atoms with Gasteiger partial charge in [-0.05, 0) is 18.6 Å². The molecule has 1 aromatic carbocycles. The quantitative estimate of drug-likeness (QED) is 0.828. The van der Waals surface area contributed by atoms with Crippen molar-refractivity contribution in [3.05, 3.63) is 24.3 Å². The van der Waals surface area contributed by atoms with E-state index in [-0.39, 0.29) is 0 Å². The number of rotatable bonds is 5. The van der Waals surface area contributed by atoms with Crippen LogP contribution in [0.15, 0.2) is 24.3 Å². The second-order valence-corrected chi connectivity index (χ2v) is 5.14. The molecule has 4 nitrogen and oxygen atoms in total. The van der Waals surface area contributed by atoms with Gasteiger partial charge < -0.3 is 14.5 Å². The van der Waals surface area contributed by atoms with Crippen LogP contribution in [0.2, 0.25) is 0 Å². The van der Waals surface area contributed by atoms with E-state index >= 15 is 0 Å². The molecule has 0 atom stereocenters. The summed E-state index contributed by atoms with van der Waals surface area (Å²) in [5.74, 6) is 1.20. The number of methoxy groups -OCH3 is 1. The smallest absolute Gasteiger partial charge is 0.222 e. The molecular formula is C16H24N2O2. The molecule has 1 saturated heterocycles. The summed E-state index contributed by atoms with van der Waals surface area (Å²) in [5.41, 5.74) is 1.12. The van der Waals surface area contributed by atoms with Crippen LogP contribution in [-0.2, 0) is 4.79 Å². The van der Waals surface area contributed by atoms with Crippen LogP contribution in [0.5, 0.6) is 5.75 Å². The van der Waals surface area contributed by atoms with E-state index < -0.39 is 0 Å². The largest absolute Gasteiger partial charge is 0.495 e. The van der Waals surface area contributed by atoms with Gasteiger partial charge in [0.2, 0.25) is 5.91 Å². The molecule has 2 rings (SSSR count). The van der Waals surface area contributed by atoms with Crippen molar-refractivity contribution in [1.82, 2.24) is 4.90 Å². The van der Waals surface area contributed by atoms with Gasteiger partial charge in [0.05, 0.1) is 12.8 Å². The fourth-order valence-corrected chi connectivity index (χ4v) is 2.57. The molecule has 0 aliphatic carbocycles. The zero-order valence-electron chi connectivity index (χ0n) is 12.5. The molecule has 1 heterocycles. The fraction of sp³-hybridized carbons (Fsp3) is 0.562. The highest BCUT2D eigenvalue weighted by molar-refractivity contribution is 5.76. The van der Waals surface area contributed by atoms with Gasteiger partial charge in [-0.3, -0.25) is 4.79 Å². The highest BCUT2D eigenvalue weighted by atomic mass is 16.5. The van der Waals surface area contributed by atoms with Crippen molar-refractivity contribution in [3.8, 4) is 5.75 Å². The van der Waals surface area contributed by atoms with Gasteiger partial charge in [0.25, 0.3) is 0 Å². The Morgan fingerprint density at radius 2 is 1.90 bits per heavy atom. The summed E-state index contributed by atoms with van der Waals surface area (Å²) < 4.78 is 5.40. The van der Waals surface area contributed by atoms with Crippen molar-refractivity contribution >= 4 is 11.6 Å². The van der Waals surface area contributed by atoms with E-state index in [9.17, 15) is 4.79 Å². The molecule has 0 spiro atoms. The highest BCUT2D eigenvalue weighted by Crippen LogP contribution is 2.28. The molecule has 4 heteroatoms. The Bertz CT molecular complexity index is 440. The molecule has 1 aliphatic heterocycles. The predicted octanol–water partition coefficient (Wildman–Crippen LogP) is 2.53. The summed E-state index contributed by atoms with van der Waals surface area (Å²) in [4.78, 5) is 16.3. The second-order valence-electron chi connectivity index (χ2n) is 5.14. The number of piperazine rings is 1. The highest BCUT2D eigenvalue weighted by Gasteiger charge is 2.22. The summed E-state index contributed by atoms with van der Waals surface area (Å²) in [7, 11) is 1.70. The predicted molar refractivity (Wildman–Crippen MR) is 81.3 cm³/mol. The molecule has 1 fully saturated rings. The van der Waals surface area contributed by atoms with Crippen LogP contribution in [0.25, 0.3) is 0 Å². The van der Waals surface area contributed by atoms with Crippen LogP contribution in [0.3, 0.4) is 0 Å². The van der Waals surface area contributed by atoms with E-state index in [2.05, 4.69) is 17.9 Å². The molecule has 0 aromatic heterocycles. The van der Waals surface area contributed by atoms with E-state index in [1.54, 1.807) is 7.11 Å². The third-order valence-corrected chi connectivity index (χ3v) is 3.80. The number of unbranched alkanes of at least 4 members (excludes halogenated alkanes) is 1. The van der Waals surface area contributed by atoms with Gasteiger partial charge in [0.15, 0.2) is 0 Å². The third-order valence-electron chi connectivity index (χ3n) is 3.80. The summed E-state index contributed by atoms with van der Waals surface area (Å²) in [6.45, 7) is 5.48. The number of ether oxygens (including phenoxy) is 1. The lowest BCUT2D eigenvalue weighted by Crippen LogP contribution is -2.48. The monoisotopic (exact) mass is 276 g/mol. The topological polar surface area (TPSA) is 32.8 Å². The molecule has 110 valence electrons. The summed E-state index contributed by atoms with van der Waals surface area (Å²) in [5, 5.41) is 0. The molecule has 1 aliphatic rings. The molecule has 20 heavy (non-hydrogen) atoms. The fourth-order valence-electron chi connectivity index (χ4n) is 2.57. The van der Waals surface area contributed by atoms with E-state index in [1.807, 2.05) is 23.1 Å². The number of anilines is 1. The second kappa shape index (κ2) is 7.17. The number of para-hydroxylation sites is 2. The minimum absolute atomic E-state index is 0.298. The van der Waals surface area contributed by atoms with Crippen molar-refractivity contribution < 1.29 is 9.53 Å². The molecular weight excluding hydrogens is 252 g/mol. The lowest BCUT2D eigenvalue weighted by molar-refractivity contribution is -0.131. The Labute approximate surface area is 121 Å². The Morgan fingerprint density at radius 3 is 2.55 bits per heavy atom. The summed E-state index contributed by atoms with van der Waals surface area (Å²) in [6.07, 6.45) is 2.75. The zero-order chi connectivity index (χ0) is 14.4. The standard InChI is InChI=1S/C16H24N2O2/c1-3-4-9-16(19)18-12-10-17(11-13-18)14-7-5-6-8-15(14)20-2/h5-8H,3-4,9-13H2,1-2H3. The van der Waals surface area contributed by atoms with E-state index in [0.29, 0.717) is 12.3 Å². The first-order valence-electron chi connectivity index (χ1n) is 7.42. The van der Waals surface area contributed by atoms with Crippen LogP contribution in [0, 0.1) is 0 Å². The maximum absolute atomic E-state index is 12.0. The number of amides is 1. The third kappa shape index (κ3) is 3.44.